The van der Waals surface area contributed by atoms with Crippen LogP contribution < -0.4 is 5.32 Å². The molecule has 0 aliphatic carbocycles. The number of anilines is 1. The minimum atomic E-state index is -3.20. The van der Waals surface area contributed by atoms with Gasteiger partial charge in [0, 0.05) is 47.0 Å². The molecule has 1 saturated heterocycles. The molecular formula is C23H28N4O3S2. The fourth-order valence-electron chi connectivity index (χ4n) is 4.23. The number of benzene rings is 1. The van der Waals surface area contributed by atoms with Gasteiger partial charge >= 0.3 is 0 Å². The van der Waals surface area contributed by atoms with Crippen molar-refractivity contribution >= 4 is 32.4 Å². The number of carbonyl (C=O) groups is 1. The number of piperidine rings is 1. The molecule has 170 valence electrons. The molecule has 0 spiro atoms. The molecule has 1 aromatic carbocycles. The van der Waals surface area contributed by atoms with E-state index in [4.69, 9.17) is 0 Å². The van der Waals surface area contributed by atoms with E-state index in [1.54, 1.807) is 0 Å². The van der Waals surface area contributed by atoms with E-state index in [9.17, 15) is 13.2 Å². The second-order valence-corrected chi connectivity index (χ2v) is 11.3. The molecule has 3 heterocycles. The van der Waals surface area contributed by atoms with Crippen molar-refractivity contribution < 1.29 is 13.2 Å². The monoisotopic (exact) mass is 472 g/mol. The van der Waals surface area contributed by atoms with Gasteiger partial charge in [-0.05, 0) is 51.8 Å². The third-order valence-corrected chi connectivity index (χ3v) is 8.09. The van der Waals surface area contributed by atoms with Gasteiger partial charge in [0.05, 0.1) is 11.9 Å². The Balaban J connectivity index is 1.47. The lowest BCUT2D eigenvalue weighted by molar-refractivity contribution is -0.120. The molecule has 1 aliphatic heterocycles. The van der Waals surface area contributed by atoms with Crippen LogP contribution in [0.4, 0.5) is 5.13 Å². The Hall–Kier alpha value is -2.49. The second-order valence-electron chi connectivity index (χ2n) is 8.42. The van der Waals surface area contributed by atoms with Crippen LogP contribution in [0.15, 0.2) is 35.7 Å². The number of sulfonamides is 1. The molecule has 1 fully saturated rings. The number of amides is 1. The van der Waals surface area contributed by atoms with E-state index in [1.165, 1.54) is 27.5 Å². The van der Waals surface area contributed by atoms with Gasteiger partial charge in [0.25, 0.3) is 0 Å². The summed E-state index contributed by atoms with van der Waals surface area (Å²) in [6, 6.07) is 10.5. The topological polar surface area (TPSA) is 84.3 Å². The first-order valence-electron chi connectivity index (χ1n) is 10.6. The molecule has 9 heteroatoms. The molecule has 3 aromatic rings. The molecule has 0 bridgehead atoms. The zero-order chi connectivity index (χ0) is 23.0. The van der Waals surface area contributed by atoms with Crippen molar-refractivity contribution in [3.63, 3.8) is 0 Å². The third-order valence-electron chi connectivity index (χ3n) is 6.03. The maximum atomic E-state index is 12.7. The van der Waals surface area contributed by atoms with Gasteiger partial charge in [0.15, 0.2) is 5.13 Å². The zero-order valence-electron chi connectivity index (χ0n) is 18.8. The molecule has 1 N–H and O–H groups in total. The predicted molar refractivity (Wildman–Crippen MR) is 129 cm³/mol. The molecule has 1 aliphatic rings. The van der Waals surface area contributed by atoms with E-state index in [0.717, 1.165) is 28.3 Å². The Bertz CT molecular complexity index is 1230. The van der Waals surface area contributed by atoms with Crippen LogP contribution in [-0.2, 0) is 14.8 Å². The van der Waals surface area contributed by atoms with Crippen LogP contribution in [0.25, 0.3) is 16.9 Å². The minimum Gasteiger partial charge on any atom is -0.318 e. The van der Waals surface area contributed by atoms with Gasteiger partial charge < -0.3 is 9.88 Å². The van der Waals surface area contributed by atoms with Crippen molar-refractivity contribution in [3.05, 3.63) is 52.7 Å². The molecule has 0 radical (unpaired) electrons. The summed E-state index contributed by atoms with van der Waals surface area (Å²) in [6.45, 7) is 6.99. The summed E-state index contributed by atoms with van der Waals surface area (Å²) >= 11 is 1.40. The Kier molecular flexibility index (Phi) is 6.24. The summed E-state index contributed by atoms with van der Waals surface area (Å²) in [5.74, 6) is -0.295. The average Bonchev–Trinajstić information content (AvgIpc) is 3.32. The quantitative estimate of drug-likeness (QED) is 0.605. The lowest BCUT2D eigenvalue weighted by Crippen LogP contribution is -2.40. The minimum absolute atomic E-state index is 0.0934. The number of nitrogens with zero attached hydrogens (tertiary/aromatic N) is 3. The van der Waals surface area contributed by atoms with E-state index in [0.29, 0.717) is 31.1 Å². The number of thiazole rings is 1. The normalized spacial score (nSPS) is 15.8. The highest BCUT2D eigenvalue weighted by Gasteiger charge is 2.29. The number of rotatable bonds is 5. The number of nitrogens with one attached hydrogen (secondary N) is 1. The number of hydrogen-bond acceptors (Lipinski definition) is 5. The highest BCUT2D eigenvalue weighted by molar-refractivity contribution is 7.88. The van der Waals surface area contributed by atoms with Gasteiger partial charge in [-0.25, -0.2) is 17.7 Å². The van der Waals surface area contributed by atoms with Crippen molar-refractivity contribution in [1.82, 2.24) is 13.9 Å². The molecule has 4 rings (SSSR count). The summed E-state index contributed by atoms with van der Waals surface area (Å²) < 4.78 is 27.0. The number of hydrogen-bond donors (Lipinski definition) is 1. The second kappa shape index (κ2) is 8.80. The van der Waals surface area contributed by atoms with Crippen LogP contribution in [0.1, 0.15) is 29.8 Å². The molecule has 7 nitrogen and oxygen atoms in total. The molecule has 1 amide bonds. The maximum Gasteiger partial charge on any atom is 0.229 e. The third kappa shape index (κ3) is 4.65. The van der Waals surface area contributed by atoms with Crippen LogP contribution in [0.3, 0.4) is 0 Å². The number of aromatic nitrogens is 2. The standard InChI is InChI=1S/C23H28N4O3S2/c1-15-5-7-19(8-6-15)27-16(2)13-20(17(27)3)21-14-31-23(24-21)25-22(28)18-9-11-26(12-10-18)32(4,29)30/h5-8,13-14,18H,9-12H2,1-4H3,(H,24,25,28). The molecule has 2 aromatic heterocycles. The average molecular weight is 473 g/mol. The van der Waals surface area contributed by atoms with E-state index < -0.39 is 10.0 Å². The first kappa shape index (κ1) is 22.7. The summed E-state index contributed by atoms with van der Waals surface area (Å²) in [5, 5.41) is 5.45. The fourth-order valence-corrected chi connectivity index (χ4v) is 5.81. The highest BCUT2D eigenvalue weighted by atomic mass is 32.2. The Morgan fingerprint density at radius 1 is 1.12 bits per heavy atom. The summed E-state index contributed by atoms with van der Waals surface area (Å²) in [6.07, 6.45) is 2.25. The predicted octanol–water partition coefficient (Wildman–Crippen LogP) is 4.14. The van der Waals surface area contributed by atoms with Gasteiger partial charge in [0.2, 0.25) is 15.9 Å². The van der Waals surface area contributed by atoms with Gasteiger partial charge in [-0.2, -0.15) is 0 Å². The van der Waals surface area contributed by atoms with Gasteiger partial charge in [0.1, 0.15) is 0 Å². The maximum absolute atomic E-state index is 12.7. The molecule has 32 heavy (non-hydrogen) atoms. The first-order chi connectivity index (χ1) is 15.1. The summed E-state index contributed by atoms with van der Waals surface area (Å²) in [4.78, 5) is 17.4. The highest BCUT2D eigenvalue weighted by Crippen LogP contribution is 2.32. The Labute approximate surface area is 193 Å². The Morgan fingerprint density at radius 2 is 1.78 bits per heavy atom. The Morgan fingerprint density at radius 3 is 2.41 bits per heavy atom. The number of aryl methyl sites for hydroxylation is 2. The molecule has 0 unspecified atom stereocenters. The van der Waals surface area contributed by atoms with Crippen molar-refractivity contribution in [3.8, 4) is 16.9 Å². The van der Waals surface area contributed by atoms with E-state index in [-0.39, 0.29) is 11.8 Å². The van der Waals surface area contributed by atoms with Crippen LogP contribution in [0.2, 0.25) is 0 Å². The van der Waals surface area contributed by atoms with Crippen LogP contribution in [0.5, 0.6) is 0 Å². The van der Waals surface area contributed by atoms with Crippen molar-refractivity contribution in [2.24, 2.45) is 5.92 Å². The van der Waals surface area contributed by atoms with Crippen molar-refractivity contribution in [2.45, 2.75) is 33.6 Å². The summed E-state index contributed by atoms with van der Waals surface area (Å²) in [5.41, 5.74) is 6.43. The fraction of sp³-hybridized carbons (Fsp3) is 0.391. The van der Waals surface area contributed by atoms with Gasteiger partial charge in [-0.1, -0.05) is 17.7 Å². The largest absolute Gasteiger partial charge is 0.318 e. The van der Waals surface area contributed by atoms with Crippen LogP contribution in [0, 0.1) is 26.7 Å². The summed E-state index contributed by atoms with van der Waals surface area (Å²) in [7, 11) is -3.20. The van der Waals surface area contributed by atoms with E-state index in [2.05, 4.69) is 66.0 Å². The van der Waals surface area contributed by atoms with E-state index in [1.807, 2.05) is 5.38 Å². The SMILES string of the molecule is Cc1ccc(-n2c(C)cc(-c3csc(NC(=O)C4CCN(S(C)(=O)=O)CC4)n3)c2C)cc1. The smallest absolute Gasteiger partial charge is 0.229 e. The zero-order valence-corrected chi connectivity index (χ0v) is 20.4. The van der Waals surface area contributed by atoms with Crippen LogP contribution >= 0.6 is 11.3 Å². The molecule has 0 atom stereocenters. The number of carbonyl (C=O) groups excluding carboxylic acids is 1. The first-order valence-corrected chi connectivity index (χ1v) is 13.3. The molecular weight excluding hydrogens is 444 g/mol. The molecule has 0 saturated carbocycles. The lowest BCUT2D eigenvalue weighted by atomic mass is 9.97. The van der Waals surface area contributed by atoms with E-state index >= 15 is 0 Å². The van der Waals surface area contributed by atoms with Gasteiger partial charge in [-0.15, -0.1) is 11.3 Å². The van der Waals surface area contributed by atoms with Crippen LogP contribution in [-0.4, -0.2) is 47.5 Å². The lowest BCUT2D eigenvalue weighted by Gasteiger charge is -2.29. The van der Waals surface area contributed by atoms with Crippen molar-refractivity contribution in [2.75, 3.05) is 24.7 Å². The van der Waals surface area contributed by atoms with Gasteiger partial charge in [-0.3, -0.25) is 4.79 Å². The van der Waals surface area contributed by atoms with Crippen molar-refractivity contribution in [1.29, 1.82) is 0 Å².